The van der Waals surface area contributed by atoms with E-state index in [9.17, 15) is 0 Å². The fraction of sp³-hybridized carbons (Fsp3) is 0.385. The van der Waals surface area contributed by atoms with Gasteiger partial charge in [0.15, 0.2) is 5.65 Å². The number of nitrogens with zero attached hydrogens (tertiary/aromatic N) is 6. The number of pyridine rings is 1. The third-order valence-corrected chi connectivity index (χ3v) is 6.06. The van der Waals surface area contributed by atoms with Crippen molar-refractivity contribution in [3.8, 4) is 11.3 Å². The van der Waals surface area contributed by atoms with Crippen LogP contribution in [0.2, 0.25) is 0 Å². The fourth-order valence-electron chi connectivity index (χ4n) is 3.70. The van der Waals surface area contributed by atoms with Gasteiger partial charge in [-0.2, -0.15) is 19.6 Å². The molecule has 0 saturated carbocycles. The van der Waals surface area contributed by atoms with Crippen LogP contribution in [0.5, 0.6) is 0 Å². The van der Waals surface area contributed by atoms with Crippen molar-refractivity contribution in [2.75, 3.05) is 23.3 Å². The fourth-order valence-corrected chi connectivity index (χ4v) is 4.05. The van der Waals surface area contributed by atoms with Crippen LogP contribution in [0.1, 0.15) is 46.1 Å². The lowest BCUT2D eigenvalue weighted by molar-refractivity contribution is 0.495. The molecular weight excluding hydrogens is 504 g/mol. The number of rotatable bonds is 5. The number of nitrogens with one attached hydrogen (secondary N) is 1. The van der Waals surface area contributed by atoms with Gasteiger partial charge in [0.2, 0.25) is 11.9 Å². The summed E-state index contributed by atoms with van der Waals surface area (Å²) in [5, 5.41) is 7.84. The molecule has 1 saturated heterocycles. The lowest BCUT2D eigenvalue weighted by Gasteiger charge is -2.30. The zero-order chi connectivity index (χ0) is 25.2. The second kappa shape index (κ2) is 13.2. The van der Waals surface area contributed by atoms with E-state index in [0.717, 1.165) is 52.9 Å². The first-order valence-electron chi connectivity index (χ1n) is 12.3. The Labute approximate surface area is 216 Å². The van der Waals surface area contributed by atoms with Crippen LogP contribution >= 0.6 is 15.9 Å². The molecule has 0 aliphatic carbocycles. The standard InChI is InChI=1S/C22H23BrN8.2C2H6/c23-18-14-27-31-20(18)28-22(30-11-8-17(24)9-12-30)29-21(31)26-13-15-4-6-16(7-5-15)19-3-1-2-10-25-19;2*1-2/h1-7,10,14,17H,8-9,11-13,24H2,(H,26,28,29);2*1-2H3. The van der Waals surface area contributed by atoms with E-state index in [1.807, 2.05) is 45.9 Å². The van der Waals surface area contributed by atoms with Crippen molar-refractivity contribution in [3.63, 3.8) is 0 Å². The number of piperidine rings is 1. The monoisotopic (exact) mass is 538 g/mol. The Balaban J connectivity index is 0.000000815. The lowest BCUT2D eigenvalue weighted by atomic mass is 10.1. The molecule has 8 nitrogen and oxygen atoms in total. The third-order valence-electron chi connectivity index (χ3n) is 5.50. The number of benzene rings is 1. The van der Waals surface area contributed by atoms with Gasteiger partial charge in [0, 0.05) is 37.4 Å². The van der Waals surface area contributed by atoms with Crippen LogP contribution in [0.15, 0.2) is 59.3 Å². The highest BCUT2D eigenvalue weighted by molar-refractivity contribution is 9.10. The number of hydrogen-bond acceptors (Lipinski definition) is 7. The van der Waals surface area contributed by atoms with E-state index in [4.69, 9.17) is 15.7 Å². The largest absolute Gasteiger partial charge is 0.350 e. The summed E-state index contributed by atoms with van der Waals surface area (Å²) >= 11 is 3.55. The SMILES string of the molecule is CC.CC.NC1CCN(c2nc(NCc3ccc(-c4ccccn4)cc3)n3ncc(Br)c3n2)CC1. The molecule has 1 aromatic carbocycles. The Morgan fingerprint density at radius 1 is 1.00 bits per heavy atom. The first-order chi connectivity index (χ1) is 17.2. The number of halogens is 1. The minimum Gasteiger partial charge on any atom is -0.350 e. The summed E-state index contributed by atoms with van der Waals surface area (Å²) in [5.74, 6) is 1.36. The van der Waals surface area contributed by atoms with Crippen molar-refractivity contribution < 1.29 is 0 Å². The molecule has 3 N–H and O–H groups in total. The Kier molecular flexibility index (Phi) is 9.98. The first kappa shape index (κ1) is 26.6. The number of anilines is 2. The van der Waals surface area contributed by atoms with E-state index < -0.39 is 0 Å². The second-order valence-corrected chi connectivity index (χ2v) is 8.52. The summed E-state index contributed by atoms with van der Waals surface area (Å²) < 4.78 is 2.57. The topological polar surface area (TPSA) is 97.3 Å². The molecule has 35 heavy (non-hydrogen) atoms. The minimum atomic E-state index is 0.258. The molecule has 0 spiro atoms. The van der Waals surface area contributed by atoms with Crippen molar-refractivity contribution in [1.29, 1.82) is 0 Å². The number of nitrogens with two attached hydrogens (primary N) is 1. The molecule has 5 rings (SSSR count). The van der Waals surface area contributed by atoms with Crippen LogP contribution in [0, 0.1) is 0 Å². The van der Waals surface area contributed by atoms with Crippen molar-refractivity contribution in [3.05, 3.63) is 64.9 Å². The van der Waals surface area contributed by atoms with Gasteiger partial charge in [-0.25, -0.2) is 0 Å². The van der Waals surface area contributed by atoms with E-state index >= 15 is 0 Å². The molecule has 1 aliphatic heterocycles. The molecule has 0 unspecified atom stereocenters. The number of fused-ring (bicyclic) bond motifs is 1. The van der Waals surface area contributed by atoms with Crippen LogP contribution in [-0.2, 0) is 6.54 Å². The molecule has 186 valence electrons. The summed E-state index contributed by atoms with van der Waals surface area (Å²) in [6.07, 6.45) is 5.44. The third kappa shape index (κ3) is 6.55. The van der Waals surface area contributed by atoms with Gasteiger partial charge in [0.05, 0.1) is 16.4 Å². The highest BCUT2D eigenvalue weighted by Gasteiger charge is 2.21. The first-order valence-corrected chi connectivity index (χ1v) is 13.1. The summed E-state index contributed by atoms with van der Waals surface area (Å²) in [5.41, 5.74) is 10.0. The lowest BCUT2D eigenvalue weighted by Crippen LogP contribution is -2.40. The Morgan fingerprint density at radius 3 is 2.37 bits per heavy atom. The van der Waals surface area contributed by atoms with Gasteiger partial charge in [0.1, 0.15) is 0 Å². The summed E-state index contributed by atoms with van der Waals surface area (Å²) in [6.45, 7) is 10.3. The Bertz CT molecular complexity index is 1170. The quantitative estimate of drug-likeness (QED) is 0.344. The van der Waals surface area contributed by atoms with E-state index in [0.29, 0.717) is 18.4 Å². The van der Waals surface area contributed by atoms with Crippen LogP contribution in [-0.4, -0.2) is 43.7 Å². The van der Waals surface area contributed by atoms with Crippen molar-refractivity contribution in [1.82, 2.24) is 24.6 Å². The molecule has 9 heteroatoms. The number of aromatic nitrogens is 5. The smallest absolute Gasteiger partial charge is 0.230 e. The average Bonchev–Trinajstić information content (AvgIpc) is 3.31. The predicted octanol–water partition coefficient (Wildman–Crippen LogP) is 5.54. The zero-order valence-electron chi connectivity index (χ0n) is 20.9. The molecule has 4 aromatic rings. The molecule has 0 radical (unpaired) electrons. The van der Waals surface area contributed by atoms with Gasteiger partial charge in [-0.3, -0.25) is 4.98 Å². The molecule has 1 fully saturated rings. The second-order valence-electron chi connectivity index (χ2n) is 7.67. The van der Waals surface area contributed by atoms with Crippen LogP contribution in [0.3, 0.4) is 0 Å². The average molecular weight is 540 g/mol. The van der Waals surface area contributed by atoms with Crippen molar-refractivity contribution in [2.24, 2.45) is 5.73 Å². The Hall–Kier alpha value is -3.04. The van der Waals surface area contributed by atoms with Gasteiger partial charge in [0.25, 0.3) is 0 Å². The van der Waals surface area contributed by atoms with Crippen molar-refractivity contribution in [2.45, 2.75) is 53.1 Å². The maximum atomic E-state index is 6.06. The predicted molar refractivity (Wildman–Crippen MR) is 148 cm³/mol. The number of hydrogen-bond donors (Lipinski definition) is 2. The Morgan fingerprint density at radius 2 is 1.71 bits per heavy atom. The maximum Gasteiger partial charge on any atom is 0.230 e. The molecule has 3 aromatic heterocycles. The normalized spacial score (nSPS) is 13.5. The minimum absolute atomic E-state index is 0.258. The van der Waals surface area contributed by atoms with E-state index in [2.05, 4.69) is 60.5 Å². The van der Waals surface area contributed by atoms with Crippen molar-refractivity contribution >= 4 is 33.5 Å². The van der Waals surface area contributed by atoms with Crippen LogP contribution in [0.4, 0.5) is 11.9 Å². The van der Waals surface area contributed by atoms with Gasteiger partial charge < -0.3 is 16.0 Å². The molecule has 0 bridgehead atoms. The molecule has 4 heterocycles. The van der Waals surface area contributed by atoms with Gasteiger partial charge in [-0.05, 0) is 46.5 Å². The molecular formula is C26H35BrN8. The van der Waals surface area contributed by atoms with E-state index in [-0.39, 0.29) is 6.04 Å². The zero-order valence-corrected chi connectivity index (χ0v) is 22.5. The summed E-state index contributed by atoms with van der Waals surface area (Å²) in [4.78, 5) is 16.1. The van der Waals surface area contributed by atoms with Gasteiger partial charge in [-0.1, -0.05) is 58.0 Å². The maximum absolute atomic E-state index is 6.06. The molecule has 0 atom stereocenters. The van der Waals surface area contributed by atoms with Gasteiger partial charge in [-0.15, -0.1) is 0 Å². The summed E-state index contributed by atoms with van der Waals surface area (Å²) in [7, 11) is 0. The highest BCUT2D eigenvalue weighted by Crippen LogP contribution is 2.24. The van der Waals surface area contributed by atoms with E-state index in [1.165, 1.54) is 0 Å². The van der Waals surface area contributed by atoms with Gasteiger partial charge >= 0.3 is 0 Å². The van der Waals surface area contributed by atoms with E-state index in [1.54, 1.807) is 16.9 Å². The summed E-state index contributed by atoms with van der Waals surface area (Å²) in [6, 6.07) is 14.5. The van der Waals surface area contributed by atoms with Crippen LogP contribution in [0.25, 0.3) is 16.9 Å². The molecule has 0 amide bonds. The highest BCUT2D eigenvalue weighted by atomic mass is 79.9. The molecule has 1 aliphatic rings. The van der Waals surface area contributed by atoms with Crippen LogP contribution < -0.4 is 16.0 Å².